The highest BCUT2D eigenvalue weighted by Crippen LogP contribution is 2.18. The number of nitrogens with one attached hydrogen (secondary N) is 1. The van der Waals surface area contributed by atoms with Crippen LogP contribution in [0.1, 0.15) is 17.5 Å². The topological polar surface area (TPSA) is 24.5 Å². The van der Waals surface area contributed by atoms with Gasteiger partial charge >= 0.3 is 0 Å². The van der Waals surface area contributed by atoms with Gasteiger partial charge in [-0.25, -0.2) is 0 Å². The van der Waals surface area contributed by atoms with Crippen LogP contribution in [0.25, 0.3) is 0 Å². The fourth-order valence-electron chi connectivity index (χ4n) is 2.23. The zero-order chi connectivity index (χ0) is 16.5. The molecule has 0 atom stereocenters. The van der Waals surface area contributed by atoms with Crippen LogP contribution in [0.2, 0.25) is 5.02 Å². The summed E-state index contributed by atoms with van der Waals surface area (Å²) in [6.45, 7) is 3.52. The van der Waals surface area contributed by atoms with E-state index < -0.39 is 0 Å². The molecule has 3 nitrogen and oxygen atoms in total. The molecular weight excluding hydrogens is 308 g/mol. The van der Waals surface area contributed by atoms with Crippen molar-refractivity contribution in [3.8, 4) is 5.75 Å². The van der Waals surface area contributed by atoms with Crippen LogP contribution in [0.15, 0.2) is 48.5 Å². The Morgan fingerprint density at radius 3 is 2.48 bits per heavy atom. The monoisotopic (exact) mass is 332 g/mol. The van der Waals surface area contributed by atoms with Gasteiger partial charge in [-0.05, 0) is 57.4 Å². The number of ether oxygens (including phenoxy) is 1. The molecule has 124 valence electrons. The van der Waals surface area contributed by atoms with Crippen molar-refractivity contribution < 1.29 is 4.74 Å². The standard InChI is InChI=1S/C19H25ClN2O/c1-22(2)13-5-12-21-14-16-8-10-18(11-9-16)23-15-17-6-3-4-7-19(17)20/h3-4,6-11,21H,5,12-15H2,1-2H3. The Morgan fingerprint density at radius 1 is 1.04 bits per heavy atom. The molecule has 0 aromatic heterocycles. The minimum Gasteiger partial charge on any atom is -0.489 e. The number of nitrogens with zero attached hydrogens (tertiary/aromatic N) is 1. The van der Waals surface area contributed by atoms with Crippen LogP contribution in [-0.4, -0.2) is 32.1 Å². The van der Waals surface area contributed by atoms with Crippen LogP contribution in [0, 0.1) is 0 Å². The number of benzene rings is 2. The Morgan fingerprint density at radius 2 is 1.78 bits per heavy atom. The normalized spacial score (nSPS) is 11.0. The van der Waals surface area contributed by atoms with Gasteiger partial charge in [0.15, 0.2) is 0 Å². The molecule has 2 aromatic rings. The van der Waals surface area contributed by atoms with Gasteiger partial charge in [-0.15, -0.1) is 0 Å². The molecule has 4 heteroatoms. The molecule has 0 saturated heterocycles. The van der Waals surface area contributed by atoms with Gasteiger partial charge in [-0.1, -0.05) is 41.9 Å². The SMILES string of the molecule is CN(C)CCCNCc1ccc(OCc2ccccc2Cl)cc1. The Hall–Kier alpha value is -1.55. The summed E-state index contributed by atoms with van der Waals surface area (Å²) in [4.78, 5) is 2.20. The number of hydrogen-bond donors (Lipinski definition) is 1. The van der Waals surface area contributed by atoms with Crippen molar-refractivity contribution in [3.63, 3.8) is 0 Å². The van der Waals surface area contributed by atoms with Crippen LogP contribution in [0.5, 0.6) is 5.75 Å². The minimum absolute atomic E-state index is 0.488. The maximum absolute atomic E-state index is 6.13. The molecule has 0 amide bonds. The van der Waals surface area contributed by atoms with Crippen molar-refractivity contribution in [3.05, 3.63) is 64.7 Å². The summed E-state index contributed by atoms with van der Waals surface area (Å²) in [7, 11) is 4.20. The molecule has 0 spiro atoms. The lowest BCUT2D eigenvalue weighted by Gasteiger charge is -2.10. The first-order chi connectivity index (χ1) is 11.1. The summed E-state index contributed by atoms with van der Waals surface area (Å²) in [6.07, 6.45) is 1.16. The van der Waals surface area contributed by atoms with Gasteiger partial charge in [0, 0.05) is 17.1 Å². The summed E-state index contributed by atoms with van der Waals surface area (Å²) in [6, 6.07) is 16.0. The van der Waals surface area contributed by atoms with Crippen LogP contribution < -0.4 is 10.1 Å². The van der Waals surface area contributed by atoms with Crippen molar-refractivity contribution >= 4 is 11.6 Å². The Bertz CT molecular complexity index is 584. The van der Waals surface area contributed by atoms with Gasteiger partial charge in [0.1, 0.15) is 12.4 Å². The fraction of sp³-hybridized carbons (Fsp3) is 0.368. The third kappa shape index (κ3) is 6.61. The summed E-state index contributed by atoms with van der Waals surface area (Å²) in [5.74, 6) is 0.862. The van der Waals surface area contributed by atoms with Crippen LogP contribution >= 0.6 is 11.6 Å². The predicted molar refractivity (Wildman–Crippen MR) is 97.1 cm³/mol. The molecule has 2 rings (SSSR count). The Labute approximate surface area is 144 Å². The van der Waals surface area contributed by atoms with E-state index >= 15 is 0 Å². The maximum atomic E-state index is 6.13. The second kappa shape index (κ2) is 9.56. The fourth-order valence-corrected chi connectivity index (χ4v) is 2.42. The smallest absolute Gasteiger partial charge is 0.119 e. The van der Waals surface area contributed by atoms with Crippen molar-refractivity contribution in [1.82, 2.24) is 10.2 Å². The van der Waals surface area contributed by atoms with E-state index in [-0.39, 0.29) is 0 Å². The Balaban J connectivity index is 1.73. The third-order valence-electron chi connectivity index (χ3n) is 3.56. The molecule has 0 heterocycles. The van der Waals surface area contributed by atoms with Gasteiger partial charge in [-0.2, -0.15) is 0 Å². The van der Waals surface area contributed by atoms with E-state index in [9.17, 15) is 0 Å². The molecule has 1 N–H and O–H groups in total. The highest BCUT2D eigenvalue weighted by molar-refractivity contribution is 6.31. The van der Waals surface area contributed by atoms with Crippen LogP contribution in [0.4, 0.5) is 0 Å². The molecule has 0 aliphatic rings. The molecule has 0 radical (unpaired) electrons. The van der Waals surface area contributed by atoms with Crippen LogP contribution in [0.3, 0.4) is 0 Å². The average Bonchev–Trinajstić information content (AvgIpc) is 2.55. The van der Waals surface area contributed by atoms with Gasteiger partial charge in [0.2, 0.25) is 0 Å². The van der Waals surface area contributed by atoms with Crippen LogP contribution in [-0.2, 0) is 13.2 Å². The number of halogens is 1. The van der Waals surface area contributed by atoms with E-state index in [2.05, 4.69) is 36.4 Å². The maximum Gasteiger partial charge on any atom is 0.119 e. The molecule has 0 bridgehead atoms. The van der Waals surface area contributed by atoms with Crippen molar-refractivity contribution in [1.29, 1.82) is 0 Å². The molecule has 0 fully saturated rings. The summed E-state index contributed by atoms with van der Waals surface area (Å²) >= 11 is 6.13. The van der Waals surface area contributed by atoms with Gasteiger partial charge in [0.05, 0.1) is 0 Å². The first-order valence-corrected chi connectivity index (χ1v) is 8.33. The molecule has 0 unspecified atom stereocenters. The lowest BCUT2D eigenvalue weighted by atomic mass is 10.2. The number of rotatable bonds is 9. The lowest BCUT2D eigenvalue weighted by Crippen LogP contribution is -2.20. The predicted octanol–water partition coefficient (Wildman–Crippen LogP) is 3.96. The third-order valence-corrected chi connectivity index (χ3v) is 3.93. The molecular formula is C19H25ClN2O. The van der Waals surface area contributed by atoms with E-state index in [0.717, 1.165) is 42.4 Å². The van der Waals surface area contributed by atoms with Crippen molar-refractivity contribution in [2.45, 2.75) is 19.6 Å². The second-order valence-corrected chi connectivity index (χ2v) is 6.26. The van der Waals surface area contributed by atoms with Crippen molar-refractivity contribution in [2.24, 2.45) is 0 Å². The van der Waals surface area contributed by atoms with E-state index in [1.807, 2.05) is 36.4 Å². The highest BCUT2D eigenvalue weighted by Gasteiger charge is 2.01. The molecule has 0 saturated carbocycles. The summed E-state index contributed by atoms with van der Waals surface area (Å²) < 4.78 is 5.79. The molecule has 0 aliphatic heterocycles. The average molecular weight is 333 g/mol. The lowest BCUT2D eigenvalue weighted by molar-refractivity contribution is 0.306. The van der Waals surface area contributed by atoms with E-state index in [4.69, 9.17) is 16.3 Å². The minimum atomic E-state index is 0.488. The van der Waals surface area contributed by atoms with E-state index in [0.29, 0.717) is 6.61 Å². The molecule has 0 aliphatic carbocycles. The molecule has 23 heavy (non-hydrogen) atoms. The second-order valence-electron chi connectivity index (χ2n) is 5.86. The van der Waals surface area contributed by atoms with Gasteiger partial charge in [-0.3, -0.25) is 0 Å². The first kappa shape index (κ1) is 17.8. The molecule has 2 aromatic carbocycles. The first-order valence-electron chi connectivity index (χ1n) is 7.96. The summed E-state index contributed by atoms with van der Waals surface area (Å²) in [5.41, 5.74) is 2.26. The highest BCUT2D eigenvalue weighted by atomic mass is 35.5. The number of hydrogen-bond acceptors (Lipinski definition) is 3. The zero-order valence-corrected chi connectivity index (χ0v) is 14.6. The van der Waals surface area contributed by atoms with Crippen molar-refractivity contribution in [2.75, 3.05) is 27.2 Å². The largest absolute Gasteiger partial charge is 0.489 e. The summed E-state index contributed by atoms with van der Waals surface area (Å²) in [5, 5.41) is 4.20. The van der Waals surface area contributed by atoms with Gasteiger partial charge in [0.25, 0.3) is 0 Å². The van der Waals surface area contributed by atoms with E-state index in [1.165, 1.54) is 5.56 Å². The quantitative estimate of drug-likeness (QED) is 0.703. The Kier molecular flexibility index (Phi) is 7.40. The van der Waals surface area contributed by atoms with Gasteiger partial charge < -0.3 is 15.0 Å². The van der Waals surface area contributed by atoms with E-state index in [1.54, 1.807) is 0 Å². The zero-order valence-electron chi connectivity index (χ0n) is 13.9.